The molecule has 1 N–H and O–H groups in total. The van der Waals surface area contributed by atoms with Gasteiger partial charge in [0, 0.05) is 18.4 Å². The molecule has 0 bridgehead atoms. The van der Waals surface area contributed by atoms with E-state index in [0.29, 0.717) is 18.1 Å². The highest BCUT2D eigenvalue weighted by Gasteiger charge is 2.28. The summed E-state index contributed by atoms with van der Waals surface area (Å²) >= 11 is 0. The van der Waals surface area contributed by atoms with Gasteiger partial charge in [0.1, 0.15) is 5.78 Å². The van der Waals surface area contributed by atoms with Crippen LogP contribution in [0.3, 0.4) is 0 Å². The Balaban J connectivity index is 2.56. The molecule has 0 radical (unpaired) electrons. The maximum atomic E-state index is 11.8. The summed E-state index contributed by atoms with van der Waals surface area (Å²) in [6, 6.07) is 0.150. The largest absolute Gasteiger partial charge is 0.350 e. The van der Waals surface area contributed by atoms with Gasteiger partial charge in [-0.3, -0.25) is 9.59 Å². The van der Waals surface area contributed by atoms with Crippen molar-refractivity contribution in [2.24, 2.45) is 11.8 Å². The maximum absolute atomic E-state index is 11.8. The number of hydrogen-bond acceptors (Lipinski definition) is 2. The lowest BCUT2D eigenvalue weighted by Crippen LogP contribution is -2.42. The van der Waals surface area contributed by atoms with Crippen LogP contribution in [-0.4, -0.2) is 17.7 Å². The Hall–Kier alpha value is -1.12. The summed E-state index contributed by atoms with van der Waals surface area (Å²) < 4.78 is 0. The van der Waals surface area contributed by atoms with Crippen molar-refractivity contribution in [2.75, 3.05) is 0 Å². The molecule has 3 heteroatoms. The van der Waals surface area contributed by atoms with Gasteiger partial charge in [0.15, 0.2) is 0 Å². The summed E-state index contributed by atoms with van der Waals surface area (Å²) in [4.78, 5) is 23.1. The van der Waals surface area contributed by atoms with Gasteiger partial charge in [-0.25, -0.2) is 0 Å². The Morgan fingerprint density at radius 1 is 1.35 bits per heavy atom. The van der Waals surface area contributed by atoms with E-state index in [2.05, 4.69) is 11.9 Å². The third-order valence-corrected chi connectivity index (χ3v) is 3.53. The first-order valence-corrected chi connectivity index (χ1v) is 6.50. The molecule has 1 rings (SSSR count). The zero-order chi connectivity index (χ0) is 12.8. The van der Waals surface area contributed by atoms with E-state index < -0.39 is 0 Å². The van der Waals surface area contributed by atoms with Gasteiger partial charge in [0.25, 0.3) is 0 Å². The fourth-order valence-electron chi connectivity index (χ4n) is 2.38. The van der Waals surface area contributed by atoms with Crippen LogP contribution in [0.5, 0.6) is 0 Å². The summed E-state index contributed by atoms with van der Waals surface area (Å²) in [7, 11) is 0. The molecular formula is C14H23NO2. The molecule has 96 valence electrons. The zero-order valence-corrected chi connectivity index (χ0v) is 10.9. The van der Waals surface area contributed by atoms with Gasteiger partial charge >= 0.3 is 0 Å². The van der Waals surface area contributed by atoms with Crippen molar-refractivity contribution in [3.63, 3.8) is 0 Å². The molecule has 1 aliphatic carbocycles. The van der Waals surface area contributed by atoms with Crippen LogP contribution in [0.25, 0.3) is 0 Å². The zero-order valence-electron chi connectivity index (χ0n) is 10.9. The Bertz CT molecular complexity index is 297. The lowest BCUT2D eigenvalue weighted by molar-refractivity contribution is -0.124. The summed E-state index contributed by atoms with van der Waals surface area (Å²) in [5.41, 5.74) is 0. The third-order valence-electron chi connectivity index (χ3n) is 3.53. The van der Waals surface area contributed by atoms with Crippen LogP contribution in [0.1, 0.15) is 46.0 Å². The van der Waals surface area contributed by atoms with E-state index in [-0.39, 0.29) is 17.9 Å². The summed E-state index contributed by atoms with van der Waals surface area (Å²) in [5.74, 6) is 0.573. The lowest BCUT2D eigenvalue weighted by atomic mass is 9.80. The first-order valence-electron chi connectivity index (χ1n) is 6.50. The van der Waals surface area contributed by atoms with Crippen molar-refractivity contribution in [3.8, 4) is 0 Å². The summed E-state index contributed by atoms with van der Waals surface area (Å²) in [6.07, 6.45) is 6.22. The highest BCUT2D eigenvalue weighted by molar-refractivity contribution is 5.87. The van der Waals surface area contributed by atoms with Gasteiger partial charge in [-0.05, 0) is 24.8 Å². The van der Waals surface area contributed by atoms with Crippen molar-refractivity contribution in [1.29, 1.82) is 0 Å². The van der Waals surface area contributed by atoms with E-state index >= 15 is 0 Å². The van der Waals surface area contributed by atoms with Gasteiger partial charge in [-0.15, -0.1) is 0 Å². The molecule has 0 spiro atoms. The van der Waals surface area contributed by atoms with Gasteiger partial charge < -0.3 is 5.32 Å². The van der Waals surface area contributed by atoms with Gasteiger partial charge in [0.2, 0.25) is 5.91 Å². The lowest BCUT2D eigenvalue weighted by Gasteiger charge is -2.32. The SMILES string of the molecule is C=CC(=O)NC1CCCCC1CC(=O)C(C)C. The first-order chi connectivity index (χ1) is 8.04. The third kappa shape index (κ3) is 4.33. The van der Waals surface area contributed by atoms with Crippen LogP contribution < -0.4 is 5.32 Å². The highest BCUT2D eigenvalue weighted by Crippen LogP contribution is 2.28. The average Bonchev–Trinajstić information content (AvgIpc) is 2.31. The van der Waals surface area contributed by atoms with Crippen LogP contribution in [0.2, 0.25) is 0 Å². The predicted molar refractivity (Wildman–Crippen MR) is 68.5 cm³/mol. The number of nitrogens with one attached hydrogen (secondary N) is 1. The molecule has 0 aliphatic heterocycles. The molecule has 1 amide bonds. The van der Waals surface area contributed by atoms with E-state index in [1.165, 1.54) is 6.08 Å². The van der Waals surface area contributed by atoms with E-state index in [0.717, 1.165) is 25.7 Å². The predicted octanol–water partition coefficient (Wildman–Crippen LogP) is 2.46. The second-order valence-corrected chi connectivity index (χ2v) is 5.19. The molecule has 3 nitrogen and oxygen atoms in total. The van der Waals surface area contributed by atoms with Gasteiger partial charge in [0.05, 0.1) is 0 Å². The number of ketones is 1. The van der Waals surface area contributed by atoms with Crippen LogP contribution >= 0.6 is 0 Å². The van der Waals surface area contributed by atoms with Gasteiger partial charge in [-0.1, -0.05) is 33.3 Å². The smallest absolute Gasteiger partial charge is 0.243 e. The number of hydrogen-bond donors (Lipinski definition) is 1. The Labute approximate surface area is 104 Å². The monoisotopic (exact) mass is 237 g/mol. The van der Waals surface area contributed by atoms with Crippen molar-refractivity contribution >= 4 is 11.7 Å². The Morgan fingerprint density at radius 2 is 2.00 bits per heavy atom. The summed E-state index contributed by atoms with van der Waals surface area (Å²) in [5, 5.41) is 2.95. The van der Waals surface area contributed by atoms with E-state index in [9.17, 15) is 9.59 Å². The fourth-order valence-corrected chi connectivity index (χ4v) is 2.38. The maximum Gasteiger partial charge on any atom is 0.243 e. The molecule has 17 heavy (non-hydrogen) atoms. The molecule has 1 aliphatic rings. The average molecular weight is 237 g/mol. The topological polar surface area (TPSA) is 46.2 Å². The minimum atomic E-state index is -0.126. The van der Waals surface area contributed by atoms with Gasteiger partial charge in [-0.2, -0.15) is 0 Å². The van der Waals surface area contributed by atoms with E-state index in [1.54, 1.807) is 0 Å². The van der Waals surface area contributed by atoms with Crippen molar-refractivity contribution in [3.05, 3.63) is 12.7 Å². The molecule has 0 saturated heterocycles. The number of carbonyl (C=O) groups is 2. The molecule has 1 fully saturated rings. The molecule has 0 aromatic carbocycles. The van der Waals surface area contributed by atoms with E-state index in [1.807, 2.05) is 13.8 Å². The molecule has 0 aromatic rings. The Morgan fingerprint density at radius 3 is 2.59 bits per heavy atom. The fraction of sp³-hybridized carbons (Fsp3) is 0.714. The number of amides is 1. The summed E-state index contributed by atoms with van der Waals surface area (Å²) in [6.45, 7) is 7.33. The van der Waals surface area contributed by atoms with Crippen LogP contribution in [0, 0.1) is 11.8 Å². The van der Waals surface area contributed by atoms with E-state index in [4.69, 9.17) is 0 Å². The standard InChI is InChI=1S/C14H23NO2/c1-4-14(17)15-12-8-6-5-7-11(12)9-13(16)10(2)3/h4,10-12H,1,5-9H2,2-3H3,(H,15,17). The van der Waals surface area contributed by atoms with Crippen LogP contribution in [0.4, 0.5) is 0 Å². The van der Waals surface area contributed by atoms with Crippen molar-refractivity contribution < 1.29 is 9.59 Å². The number of carbonyl (C=O) groups excluding carboxylic acids is 2. The van der Waals surface area contributed by atoms with Crippen molar-refractivity contribution in [2.45, 2.75) is 52.0 Å². The van der Waals surface area contributed by atoms with Crippen molar-refractivity contribution in [1.82, 2.24) is 5.32 Å². The molecule has 0 aromatic heterocycles. The normalized spacial score (nSPS) is 24.4. The second kappa shape index (κ2) is 6.58. The van der Waals surface area contributed by atoms with Crippen LogP contribution in [-0.2, 0) is 9.59 Å². The highest BCUT2D eigenvalue weighted by atomic mass is 16.1. The molecule has 2 unspecified atom stereocenters. The Kier molecular flexibility index (Phi) is 5.39. The number of Topliss-reactive ketones (excluding diaryl/α,β-unsaturated/α-hetero) is 1. The molecule has 1 saturated carbocycles. The quantitative estimate of drug-likeness (QED) is 0.747. The first kappa shape index (κ1) is 13.9. The molecule has 0 heterocycles. The second-order valence-electron chi connectivity index (χ2n) is 5.19. The molecule has 2 atom stereocenters. The minimum absolute atomic E-state index is 0.0904. The number of rotatable bonds is 5. The van der Waals surface area contributed by atoms with Crippen LogP contribution in [0.15, 0.2) is 12.7 Å². The minimum Gasteiger partial charge on any atom is -0.350 e. The molecular weight excluding hydrogens is 214 g/mol.